The third kappa shape index (κ3) is 3.09. The van der Waals surface area contributed by atoms with Crippen molar-refractivity contribution in [3.8, 4) is 10.8 Å². The van der Waals surface area contributed by atoms with Gasteiger partial charge >= 0.3 is 0 Å². The van der Waals surface area contributed by atoms with Gasteiger partial charge in [0.2, 0.25) is 5.89 Å². The van der Waals surface area contributed by atoms with Crippen LogP contribution in [0.5, 0.6) is 0 Å². The summed E-state index contributed by atoms with van der Waals surface area (Å²) in [7, 11) is 0. The maximum absolute atomic E-state index is 5.71. The number of benzene rings is 1. The van der Waals surface area contributed by atoms with E-state index in [2.05, 4.69) is 35.7 Å². The molecule has 0 radical (unpaired) electrons. The zero-order valence-electron chi connectivity index (χ0n) is 14.4. The molecule has 4 heterocycles. The summed E-state index contributed by atoms with van der Waals surface area (Å²) in [4.78, 5) is 12.3. The van der Waals surface area contributed by atoms with Crippen molar-refractivity contribution in [1.82, 2.24) is 9.97 Å². The van der Waals surface area contributed by atoms with E-state index in [1.54, 1.807) is 16.2 Å². The number of quaternary nitrogens is 1. The van der Waals surface area contributed by atoms with Crippen molar-refractivity contribution in [3.63, 3.8) is 0 Å². The van der Waals surface area contributed by atoms with Gasteiger partial charge in [0.15, 0.2) is 5.01 Å². The highest BCUT2D eigenvalue weighted by Gasteiger charge is 2.31. The summed E-state index contributed by atoms with van der Waals surface area (Å²) in [6, 6.07) is 13.0. The van der Waals surface area contributed by atoms with Crippen LogP contribution in [-0.2, 0) is 6.54 Å². The third-order valence-corrected chi connectivity index (χ3v) is 7.04. The number of fused-ring (bicyclic) bond motifs is 1. The van der Waals surface area contributed by atoms with Crippen molar-refractivity contribution in [3.05, 3.63) is 58.7 Å². The fourth-order valence-electron chi connectivity index (χ4n) is 3.76. The summed E-state index contributed by atoms with van der Waals surface area (Å²) in [5.41, 5.74) is 2.16. The van der Waals surface area contributed by atoms with Crippen molar-refractivity contribution < 1.29 is 9.32 Å². The Kier molecular flexibility index (Phi) is 4.32. The molecule has 1 aromatic carbocycles. The summed E-state index contributed by atoms with van der Waals surface area (Å²) < 4.78 is 7.00. The molecule has 1 N–H and O–H groups in total. The lowest BCUT2D eigenvalue weighted by Crippen LogP contribution is -3.11. The molecular formula is C20H20N3OS2+. The number of piperidine rings is 1. The maximum atomic E-state index is 5.71. The van der Waals surface area contributed by atoms with Crippen LogP contribution in [0.1, 0.15) is 36.0 Å². The van der Waals surface area contributed by atoms with Crippen LogP contribution in [0, 0.1) is 0 Å². The standard InChI is InChI=1S/C20H19N3OS2/c1-2-8-17-15(6-1)22-20(26-17)16-7-3-4-10-23(16)12-14-13-24-19(21-14)18-9-5-11-25-18/h1-2,5-6,8-9,11,13,16H,3-4,7,10,12H2/p+1/t16-/m1/s1. The Bertz CT molecular complexity index is 972. The average molecular weight is 383 g/mol. The Balaban J connectivity index is 1.39. The van der Waals surface area contributed by atoms with Crippen molar-refractivity contribution in [2.24, 2.45) is 0 Å². The summed E-state index contributed by atoms with van der Waals surface area (Å²) >= 11 is 3.51. The second-order valence-electron chi connectivity index (χ2n) is 6.77. The highest BCUT2D eigenvalue weighted by molar-refractivity contribution is 7.18. The van der Waals surface area contributed by atoms with Gasteiger partial charge in [0.1, 0.15) is 24.5 Å². The molecule has 5 rings (SSSR count). The normalized spacial score (nSPS) is 20.6. The molecule has 0 amide bonds. The molecule has 132 valence electrons. The van der Waals surface area contributed by atoms with E-state index in [0.717, 1.165) is 28.5 Å². The van der Waals surface area contributed by atoms with E-state index in [0.29, 0.717) is 6.04 Å². The smallest absolute Gasteiger partial charge is 0.236 e. The minimum absolute atomic E-state index is 0.461. The van der Waals surface area contributed by atoms with E-state index < -0.39 is 0 Å². The molecule has 4 nitrogen and oxygen atoms in total. The van der Waals surface area contributed by atoms with Gasteiger partial charge in [0.25, 0.3) is 0 Å². The molecule has 0 aliphatic carbocycles. The number of nitrogens with zero attached hydrogens (tertiary/aromatic N) is 2. The van der Waals surface area contributed by atoms with Crippen molar-refractivity contribution >= 4 is 32.9 Å². The van der Waals surface area contributed by atoms with Crippen molar-refractivity contribution in [1.29, 1.82) is 0 Å². The lowest BCUT2D eigenvalue weighted by Gasteiger charge is -2.30. The van der Waals surface area contributed by atoms with Gasteiger partial charge in [-0.15, -0.1) is 22.7 Å². The first-order chi connectivity index (χ1) is 12.9. The second-order valence-corrected chi connectivity index (χ2v) is 8.78. The van der Waals surface area contributed by atoms with Crippen LogP contribution >= 0.6 is 22.7 Å². The van der Waals surface area contributed by atoms with E-state index in [9.17, 15) is 0 Å². The fourth-order valence-corrected chi connectivity index (χ4v) is 5.58. The highest BCUT2D eigenvalue weighted by atomic mass is 32.1. The molecule has 0 spiro atoms. The van der Waals surface area contributed by atoms with Crippen LogP contribution in [0.4, 0.5) is 0 Å². The molecule has 0 saturated carbocycles. The van der Waals surface area contributed by atoms with Gasteiger partial charge in [-0.3, -0.25) is 0 Å². The summed E-state index contributed by atoms with van der Waals surface area (Å²) in [6.45, 7) is 2.07. The Morgan fingerprint density at radius 3 is 2.96 bits per heavy atom. The van der Waals surface area contributed by atoms with Gasteiger partial charge in [-0.2, -0.15) is 0 Å². The first-order valence-electron chi connectivity index (χ1n) is 9.05. The lowest BCUT2D eigenvalue weighted by atomic mass is 10.0. The molecule has 1 unspecified atom stereocenters. The largest absolute Gasteiger partial charge is 0.443 e. The minimum Gasteiger partial charge on any atom is -0.443 e. The van der Waals surface area contributed by atoms with Gasteiger partial charge in [0.05, 0.1) is 21.6 Å². The van der Waals surface area contributed by atoms with Crippen LogP contribution in [0.3, 0.4) is 0 Å². The third-order valence-electron chi connectivity index (χ3n) is 5.03. The molecule has 6 heteroatoms. The van der Waals surface area contributed by atoms with E-state index in [-0.39, 0.29) is 0 Å². The topological polar surface area (TPSA) is 43.4 Å². The highest BCUT2D eigenvalue weighted by Crippen LogP contribution is 2.29. The van der Waals surface area contributed by atoms with Crippen LogP contribution < -0.4 is 4.90 Å². The van der Waals surface area contributed by atoms with E-state index in [4.69, 9.17) is 14.4 Å². The number of thiophene rings is 1. The first-order valence-corrected chi connectivity index (χ1v) is 10.7. The van der Waals surface area contributed by atoms with Gasteiger partial charge in [-0.25, -0.2) is 9.97 Å². The van der Waals surface area contributed by atoms with E-state index in [1.807, 2.05) is 23.7 Å². The van der Waals surface area contributed by atoms with Crippen LogP contribution in [0.25, 0.3) is 21.0 Å². The number of oxazole rings is 1. The minimum atomic E-state index is 0.461. The molecule has 1 aliphatic heterocycles. The molecule has 3 aromatic heterocycles. The van der Waals surface area contributed by atoms with Crippen molar-refractivity contribution in [2.75, 3.05) is 6.54 Å². The summed E-state index contributed by atoms with van der Waals surface area (Å²) in [5.74, 6) is 0.739. The van der Waals surface area contributed by atoms with Crippen LogP contribution in [0.2, 0.25) is 0 Å². The summed E-state index contributed by atoms with van der Waals surface area (Å²) in [6.07, 6.45) is 5.58. The quantitative estimate of drug-likeness (QED) is 0.571. The number of nitrogens with one attached hydrogen (secondary N) is 1. The number of hydrogen-bond donors (Lipinski definition) is 1. The number of para-hydroxylation sites is 1. The summed E-state index contributed by atoms with van der Waals surface area (Å²) in [5, 5.41) is 3.32. The lowest BCUT2D eigenvalue weighted by molar-refractivity contribution is -0.950. The molecule has 2 atom stereocenters. The Morgan fingerprint density at radius 2 is 2.08 bits per heavy atom. The molecule has 0 bridgehead atoms. The zero-order valence-corrected chi connectivity index (χ0v) is 16.0. The van der Waals surface area contributed by atoms with Gasteiger partial charge < -0.3 is 9.32 Å². The van der Waals surface area contributed by atoms with E-state index in [1.165, 1.54) is 35.5 Å². The van der Waals surface area contributed by atoms with Crippen LogP contribution in [-0.4, -0.2) is 16.5 Å². The molecule has 4 aromatic rings. The number of likely N-dealkylation sites (tertiary alicyclic amines) is 1. The Hall–Kier alpha value is -2.02. The SMILES string of the molecule is c1csc(-c2nc(C[NH+]3CCCC[C@@H]3c3nc4ccccc4s3)co2)c1. The fraction of sp³-hybridized carbons (Fsp3) is 0.300. The zero-order chi connectivity index (χ0) is 17.3. The predicted octanol–water partition coefficient (Wildman–Crippen LogP) is 4.32. The van der Waals surface area contributed by atoms with Gasteiger partial charge in [0, 0.05) is 6.42 Å². The molecule has 1 fully saturated rings. The Morgan fingerprint density at radius 1 is 1.12 bits per heavy atom. The van der Waals surface area contributed by atoms with Gasteiger partial charge in [-0.1, -0.05) is 18.2 Å². The number of aromatic nitrogens is 2. The van der Waals surface area contributed by atoms with Gasteiger partial charge in [-0.05, 0) is 36.4 Å². The average Bonchev–Trinajstić information content (AvgIpc) is 3.42. The maximum Gasteiger partial charge on any atom is 0.236 e. The molecular weight excluding hydrogens is 362 g/mol. The van der Waals surface area contributed by atoms with Crippen molar-refractivity contribution in [2.45, 2.75) is 31.8 Å². The number of hydrogen-bond acceptors (Lipinski definition) is 5. The monoisotopic (exact) mass is 382 g/mol. The molecule has 1 saturated heterocycles. The number of rotatable bonds is 4. The number of thiazole rings is 1. The molecule has 26 heavy (non-hydrogen) atoms. The van der Waals surface area contributed by atoms with Crippen LogP contribution in [0.15, 0.2) is 52.5 Å². The molecule has 1 aliphatic rings. The first kappa shape index (κ1) is 16.2. The second kappa shape index (κ2) is 6.95. The predicted molar refractivity (Wildman–Crippen MR) is 106 cm³/mol. The van der Waals surface area contributed by atoms with E-state index >= 15 is 0 Å². The Labute approximate surface area is 160 Å².